The molecule has 0 aliphatic heterocycles. The molecule has 2 aromatic rings. The van der Waals surface area contributed by atoms with E-state index < -0.39 is 0 Å². The van der Waals surface area contributed by atoms with E-state index in [-0.39, 0.29) is 38.6 Å². The minimum absolute atomic E-state index is 0. The van der Waals surface area contributed by atoms with Gasteiger partial charge in [0.05, 0.1) is 0 Å². The van der Waals surface area contributed by atoms with Gasteiger partial charge in [0.25, 0.3) is 0 Å². The molecule has 0 amide bonds. The molecule has 0 saturated heterocycles. The van der Waals surface area contributed by atoms with Crippen molar-refractivity contribution in [3.05, 3.63) is 58.7 Å². The first kappa shape index (κ1) is 23.0. The van der Waals surface area contributed by atoms with Crippen molar-refractivity contribution < 1.29 is 43.7 Å². The van der Waals surface area contributed by atoms with Crippen molar-refractivity contribution >= 4 is 0 Å². The van der Waals surface area contributed by atoms with Crippen molar-refractivity contribution in [3.63, 3.8) is 0 Å². The van der Waals surface area contributed by atoms with Crippen molar-refractivity contribution in [3.8, 4) is 0 Å². The minimum atomic E-state index is 0. The second-order valence-corrected chi connectivity index (χ2v) is 3.93. The molecular formula is C15H22ClOZr. The van der Waals surface area contributed by atoms with Gasteiger partial charge in [-0.2, -0.15) is 35.4 Å². The molecule has 18 heavy (non-hydrogen) atoms. The summed E-state index contributed by atoms with van der Waals surface area (Å²) in [6.07, 6.45) is 0. The van der Waals surface area contributed by atoms with E-state index in [1.165, 1.54) is 22.3 Å². The van der Waals surface area contributed by atoms with Gasteiger partial charge in [0.15, 0.2) is 0 Å². The molecule has 2 rings (SSSR count). The quantitative estimate of drug-likeness (QED) is 0.696. The summed E-state index contributed by atoms with van der Waals surface area (Å²) >= 11 is 0. The van der Waals surface area contributed by atoms with Gasteiger partial charge in [-0.1, -0.05) is 27.7 Å². The summed E-state index contributed by atoms with van der Waals surface area (Å²) in [6.45, 7) is 8.42. The number of hydrogen-bond acceptors (Lipinski definition) is 1. The van der Waals surface area contributed by atoms with Crippen LogP contribution in [0.1, 0.15) is 22.3 Å². The molecule has 0 spiro atoms. The van der Waals surface area contributed by atoms with Crippen molar-refractivity contribution in [2.75, 3.05) is 7.11 Å². The van der Waals surface area contributed by atoms with Crippen LogP contribution in [0.2, 0.25) is 0 Å². The largest absolute Gasteiger partial charge is 3.00 e. The SMILES string of the molecule is CO.Cc1cc[c-](C)c1.Cc1cc[c-](C)c1.[Cl-].[Zr+3]. The van der Waals surface area contributed by atoms with E-state index in [9.17, 15) is 0 Å². The van der Waals surface area contributed by atoms with E-state index in [2.05, 4.69) is 64.1 Å². The predicted octanol–water partition coefficient (Wildman–Crippen LogP) is 0.655. The molecular weight excluding hydrogens is 323 g/mol. The van der Waals surface area contributed by atoms with Crippen molar-refractivity contribution in [2.45, 2.75) is 27.7 Å². The Morgan fingerprint density at radius 1 is 0.833 bits per heavy atom. The maximum atomic E-state index is 7.00. The van der Waals surface area contributed by atoms with Crippen LogP contribution in [0.5, 0.6) is 0 Å². The van der Waals surface area contributed by atoms with Gasteiger partial charge in [-0.25, -0.2) is 23.3 Å². The number of halogens is 1. The molecule has 2 aromatic carbocycles. The van der Waals surface area contributed by atoms with Crippen LogP contribution in [0.4, 0.5) is 0 Å². The molecule has 0 aromatic heterocycles. The molecule has 1 nitrogen and oxygen atoms in total. The molecule has 0 aliphatic rings. The number of aliphatic hydroxyl groups is 1. The second kappa shape index (κ2) is 13.3. The zero-order valence-electron chi connectivity index (χ0n) is 11.8. The molecule has 1 radical (unpaired) electrons. The first-order valence-corrected chi connectivity index (χ1v) is 5.42. The molecule has 99 valence electrons. The zero-order chi connectivity index (χ0) is 12.6. The van der Waals surface area contributed by atoms with Gasteiger partial charge in [-0.3, -0.25) is 0 Å². The van der Waals surface area contributed by atoms with Crippen LogP contribution in [-0.2, 0) is 26.2 Å². The van der Waals surface area contributed by atoms with Crippen molar-refractivity contribution in [1.29, 1.82) is 0 Å². The predicted molar refractivity (Wildman–Crippen MR) is 71.2 cm³/mol. The third kappa shape index (κ3) is 11.0. The number of rotatable bonds is 0. The van der Waals surface area contributed by atoms with Gasteiger partial charge < -0.3 is 17.5 Å². The summed E-state index contributed by atoms with van der Waals surface area (Å²) in [6, 6.07) is 12.8. The molecule has 0 heterocycles. The van der Waals surface area contributed by atoms with Crippen molar-refractivity contribution in [1.82, 2.24) is 0 Å². The summed E-state index contributed by atoms with van der Waals surface area (Å²) in [5, 5.41) is 7.00. The average Bonchev–Trinajstić information content (AvgIpc) is 2.80. The molecule has 0 atom stereocenters. The third-order valence-corrected chi connectivity index (χ3v) is 2.13. The zero-order valence-corrected chi connectivity index (χ0v) is 15.0. The Balaban J connectivity index is -0.000000200. The van der Waals surface area contributed by atoms with E-state index in [1.54, 1.807) is 0 Å². The molecule has 3 heteroatoms. The van der Waals surface area contributed by atoms with Gasteiger partial charge in [0.2, 0.25) is 0 Å². The Kier molecular flexibility index (Phi) is 16.9. The van der Waals surface area contributed by atoms with Gasteiger partial charge in [0.1, 0.15) is 0 Å². The van der Waals surface area contributed by atoms with Crippen molar-refractivity contribution in [2.24, 2.45) is 0 Å². The fourth-order valence-electron chi connectivity index (χ4n) is 1.44. The monoisotopic (exact) mass is 343 g/mol. The van der Waals surface area contributed by atoms with Crippen LogP contribution in [0.25, 0.3) is 0 Å². The van der Waals surface area contributed by atoms with E-state index in [4.69, 9.17) is 5.11 Å². The summed E-state index contributed by atoms with van der Waals surface area (Å²) in [4.78, 5) is 0. The third-order valence-electron chi connectivity index (χ3n) is 2.13. The molecule has 0 saturated carbocycles. The Morgan fingerprint density at radius 2 is 1.11 bits per heavy atom. The van der Waals surface area contributed by atoms with Crippen LogP contribution in [0, 0.1) is 27.7 Å². The Hall–Kier alpha value is -0.167. The first-order valence-electron chi connectivity index (χ1n) is 5.42. The van der Waals surface area contributed by atoms with Gasteiger partial charge >= 0.3 is 26.2 Å². The molecule has 0 unspecified atom stereocenters. The van der Waals surface area contributed by atoms with Gasteiger partial charge in [-0.05, 0) is 0 Å². The number of aliphatic hydroxyl groups excluding tert-OH is 1. The molecule has 1 N–H and O–H groups in total. The minimum Gasteiger partial charge on any atom is -1.00 e. The van der Waals surface area contributed by atoms with E-state index in [0.717, 1.165) is 7.11 Å². The summed E-state index contributed by atoms with van der Waals surface area (Å²) in [5.41, 5.74) is 5.44. The average molecular weight is 345 g/mol. The maximum Gasteiger partial charge on any atom is 3.00 e. The molecule has 0 fully saturated rings. The topological polar surface area (TPSA) is 20.2 Å². The van der Waals surface area contributed by atoms with E-state index in [0.29, 0.717) is 0 Å². The Labute approximate surface area is 136 Å². The molecule has 0 bridgehead atoms. The van der Waals surface area contributed by atoms with Crippen LogP contribution >= 0.6 is 0 Å². The fourth-order valence-corrected chi connectivity index (χ4v) is 1.44. The Morgan fingerprint density at radius 3 is 1.17 bits per heavy atom. The van der Waals surface area contributed by atoms with E-state index in [1.807, 2.05) is 0 Å². The van der Waals surface area contributed by atoms with Crippen LogP contribution in [0.15, 0.2) is 36.4 Å². The fraction of sp³-hybridized carbons (Fsp3) is 0.333. The second-order valence-electron chi connectivity index (χ2n) is 3.93. The van der Waals surface area contributed by atoms with Gasteiger partial charge in [-0.15, -0.1) is 0 Å². The summed E-state index contributed by atoms with van der Waals surface area (Å²) in [7, 11) is 1.00. The first-order chi connectivity index (χ1) is 7.58. The summed E-state index contributed by atoms with van der Waals surface area (Å²) < 4.78 is 0. The molecule has 0 aliphatic carbocycles. The van der Waals surface area contributed by atoms with Gasteiger partial charge in [0, 0.05) is 7.11 Å². The van der Waals surface area contributed by atoms with Crippen LogP contribution in [0.3, 0.4) is 0 Å². The summed E-state index contributed by atoms with van der Waals surface area (Å²) in [5.74, 6) is 0. The van der Waals surface area contributed by atoms with Crippen LogP contribution < -0.4 is 12.4 Å². The van der Waals surface area contributed by atoms with E-state index >= 15 is 0 Å². The Bertz CT molecular complexity index is 319. The number of hydrogen-bond donors (Lipinski definition) is 1. The number of aryl methyl sites for hydroxylation is 4. The normalized spacial score (nSPS) is 7.67. The standard InChI is InChI=1S/2C7H9.CH4O.ClH.Zr/c2*1-6-3-4-7(2)5-6;1-2;;/h2*3-5H,1-2H3;2H,1H3;1H;/q2*-1;;;+3/p-1. The smallest absolute Gasteiger partial charge is 1.00 e. The maximum absolute atomic E-state index is 7.00. The van der Waals surface area contributed by atoms with Crippen LogP contribution in [-0.4, -0.2) is 12.2 Å².